The van der Waals surface area contributed by atoms with E-state index in [1.54, 1.807) is 32.2 Å². The number of likely N-dealkylation sites (N-methyl/N-ethyl adjacent to an activating group) is 1. The highest BCUT2D eigenvalue weighted by molar-refractivity contribution is 6.35. The van der Waals surface area contributed by atoms with Crippen molar-refractivity contribution in [2.75, 3.05) is 13.7 Å². The van der Waals surface area contributed by atoms with Crippen LogP contribution in [0.3, 0.4) is 0 Å². The van der Waals surface area contributed by atoms with Crippen molar-refractivity contribution in [1.29, 1.82) is 0 Å². The Labute approximate surface area is 169 Å². The third kappa shape index (κ3) is 5.62. The number of carbonyl (C=O) groups is 2. The van der Waals surface area contributed by atoms with E-state index >= 15 is 0 Å². The van der Waals surface area contributed by atoms with E-state index in [1.807, 2.05) is 31.2 Å². The highest BCUT2D eigenvalue weighted by atomic mass is 35.5. The zero-order valence-electron chi connectivity index (χ0n) is 15.5. The van der Waals surface area contributed by atoms with Crippen molar-refractivity contribution in [3.8, 4) is 5.75 Å². The molecule has 0 radical (unpaired) electrons. The SMILES string of the molecule is CNC(=O)[C@@H](C)N(Cc1ccccc1C)C(=O)COc1ccc(Cl)cc1Cl. The van der Waals surface area contributed by atoms with E-state index < -0.39 is 6.04 Å². The number of benzene rings is 2. The predicted octanol–water partition coefficient (Wildman–Crippen LogP) is 3.84. The van der Waals surface area contributed by atoms with Gasteiger partial charge in [-0.05, 0) is 43.2 Å². The Hall–Kier alpha value is -2.24. The molecule has 0 aliphatic carbocycles. The molecule has 0 saturated carbocycles. The maximum atomic E-state index is 12.8. The summed E-state index contributed by atoms with van der Waals surface area (Å²) in [4.78, 5) is 26.4. The third-order valence-electron chi connectivity index (χ3n) is 4.26. The second-order valence-electron chi connectivity index (χ2n) is 6.10. The van der Waals surface area contributed by atoms with Gasteiger partial charge in [0, 0.05) is 18.6 Å². The Morgan fingerprint density at radius 1 is 1.19 bits per heavy atom. The fourth-order valence-electron chi connectivity index (χ4n) is 2.58. The lowest BCUT2D eigenvalue weighted by atomic mass is 10.1. The van der Waals surface area contributed by atoms with Crippen LogP contribution < -0.4 is 10.1 Å². The van der Waals surface area contributed by atoms with Gasteiger partial charge in [-0.2, -0.15) is 0 Å². The molecule has 0 spiro atoms. The first-order chi connectivity index (χ1) is 12.8. The van der Waals surface area contributed by atoms with Gasteiger partial charge >= 0.3 is 0 Å². The van der Waals surface area contributed by atoms with E-state index in [1.165, 1.54) is 4.90 Å². The quantitative estimate of drug-likeness (QED) is 0.756. The summed E-state index contributed by atoms with van der Waals surface area (Å²) in [6, 6.07) is 11.9. The smallest absolute Gasteiger partial charge is 0.261 e. The molecule has 5 nitrogen and oxygen atoms in total. The normalized spacial score (nSPS) is 11.6. The fourth-order valence-corrected chi connectivity index (χ4v) is 3.04. The minimum Gasteiger partial charge on any atom is -0.482 e. The third-order valence-corrected chi connectivity index (χ3v) is 4.79. The van der Waals surface area contributed by atoms with E-state index in [0.29, 0.717) is 22.3 Å². The first-order valence-corrected chi connectivity index (χ1v) is 9.22. The standard InChI is InChI=1S/C20H22Cl2N2O3/c1-13-6-4-5-7-15(13)11-24(14(2)20(26)23-3)19(25)12-27-18-9-8-16(21)10-17(18)22/h4-10,14H,11-12H2,1-3H3,(H,23,26)/t14-/m1/s1. The molecular weight excluding hydrogens is 387 g/mol. The van der Waals surface area contributed by atoms with Crippen molar-refractivity contribution in [3.05, 3.63) is 63.6 Å². The van der Waals surface area contributed by atoms with E-state index in [9.17, 15) is 9.59 Å². The Bertz CT molecular complexity index is 827. The molecule has 2 rings (SSSR count). The molecule has 0 heterocycles. The molecule has 144 valence electrons. The molecule has 0 aliphatic rings. The number of nitrogens with one attached hydrogen (secondary N) is 1. The van der Waals surface area contributed by atoms with Gasteiger partial charge in [0.1, 0.15) is 11.8 Å². The summed E-state index contributed by atoms with van der Waals surface area (Å²) in [7, 11) is 1.54. The van der Waals surface area contributed by atoms with Crippen LogP contribution in [-0.4, -0.2) is 36.4 Å². The van der Waals surface area contributed by atoms with Crippen LogP contribution in [0.4, 0.5) is 0 Å². The minimum atomic E-state index is -0.647. The molecule has 0 aromatic heterocycles. The van der Waals surface area contributed by atoms with Crippen LogP contribution in [0.25, 0.3) is 0 Å². The van der Waals surface area contributed by atoms with Crippen LogP contribution >= 0.6 is 23.2 Å². The average molecular weight is 409 g/mol. The van der Waals surface area contributed by atoms with Crippen LogP contribution in [0.1, 0.15) is 18.1 Å². The molecule has 2 aromatic rings. The van der Waals surface area contributed by atoms with Crippen LogP contribution in [-0.2, 0) is 16.1 Å². The highest BCUT2D eigenvalue weighted by Gasteiger charge is 2.26. The summed E-state index contributed by atoms with van der Waals surface area (Å²) < 4.78 is 5.55. The number of hydrogen-bond acceptors (Lipinski definition) is 3. The van der Waals surface area contributed by atoms with Gasteiger partial charge < -0.3 is 15.0 Å². The predicted molar refractivity (Wildman–Crippen MR) is 107 cm³/mol. The number of carbonyl (C=O) groups excluding carboxylic acids is 2. The van der Waals surface area contributed by atoms with Crippen molar-refractivity contribution in [2.24, 2.45) is 0 Å². The molecule has 0 aliphatic heterocycles. The number of hydrogen-bond donors (Lipinski definition) is 1. The largest absolute Gasteiger partial charge is 0.482 e. The lowest BCUT2D eigenvalue weighted by Gasteiger charge is -2.29. The maximum absolute atomic E-state index is 12.8. The van der Waals surface area contributed by atoms with E-state index in [4.69, 9.17) is 27.9 Å². The second-order valence-corrected chi connectivity index (χ2v) is 6.95. The summed E-state index contributed by atoms with van der Waals surface area (Å²) in [5.74, 6) is -0.209. The van der Waals surface area contributed by atoms with E-state index in [2.05, 4.69) is 5.32 Å². The van der Waals surface area contributed by atoms with Crippen LogP contribution in [0, 0.1) is 6.92 Å². The zero-order valence-corrected chi connectivity index (χ0v) is 17.0. The molecule has 2 amide bonds. The van der Waals surface area contributed by atoms with Gasteiger partial charge in [0.25, 0.3) is 5.91 Å². The lowest BCUT2D eigenvalue weighted by Crippen LogP contribution is -2.48. The first-order valence-electron chi connectivity index (χ1n) is 8.47. The van der Waals surface area contributed by atoms with Gasteiger partial charge in [0.2, 0.25) is 5.91 Å². The molecule has 0 bridgehead atoms. The van der Waals surface area contributed by atoms with Crippen molar-refractivity contribution in [2.45, 2.75) is 26.4 Å². The molecule has 2 aromatic carbocycles. The number of halogens is 2. The summed E-state index contributed by atoms with van der Waals surface area (Å²) in [6.07, 6.45) is 0. The Kier molecular flexibility index (Phi) is 7.51. The van der Waals surface area contributed by atoms with Gasteiger partial charge in [-0.1, -0.05) is 47.5 Å². The molecule has 27 heavy (non-hydrogen) atoms. The van der Waals surface area contributed by atoms with Gasteiger partial charge in [0.05, 0.1) is 5.02 Å². The van der Waals surface area contributed by atoms with Gasteiger partial charge in [-0.15, -0.1) is 0 Å². The first kappa shape index (κ1) is 21.1. The Balaban J connectivity index is 2.17. The maximum Gasteiger partial charge on any atom is 0.261 e. The molecule has 1 N–H and O–H groups in total. The van der Waals surface area contributed by atoms with Crippen LogP contribution in [0.2, 0.25) is 10.0 Å². The lowest BCUT2D eigenvalue weighted by molar-refractivity contribution is -0.142. The molecule has 0 fully saturated rings. The molecular formula is C20H22Cl2N2O3. The topological polar surface area (TPSA) is 58.6 Å². The molecule has 0 unspecified atom stereocenters. The number of nitrogens with zero attached hydrogens (tertiary/aromatic N) is 1. The minimum absolute atomic E-state index is 0.242. The summed E-state index contributed by atoms with van der Waals surface area (Å²) in [5.41, 5.74) is 2.01. The number of amides is 2. The summed E-state index contributed by atoms with van der Waals surface area (Å²) in [5, 5.41) is 3.38. The van der Waals surface area contributed by atoms with Crippen molar-refractivity contribution in [1.82, 2.24) is 10.2 Å². The van der Waals surface area contributed by atoms with E-state index in [-0.39, 0.29) is 18.4 Å². The molecule has 0 saturated heterocycles. The van der Waals surface area contributed by atoms with Crippen molar-refractivity contribution in [3.63, 3.8) is 0 Å². The number of ether oxygens (including phenoxy) is 1. The van der Waals surface area contributed by atoms with Gasteiger partial charge in [-0.3, -0.25) is 9.59 Å². The Morgan fingerprint density at radius 2 is 1.89 bits per heavy atom. The Morgan fingerprint density at radius 3 is 2.52 bits per heavy atom. The van der Waals surface area contributed by atoms with Crippen LogP contribution in [0.5, 0.6) is 5.75 Å². The second kappa shape index (κ2) is 9.62. The summed E-state index contributed by atoms with van der Waals surface area (Å²) >= 11 is 11.9. The average Bonchev–Trinajstić information content (AvgIpc) is 2.65. The molecule has 7 heteroatoms. The zero-order chi connectivity index (χ0) is 20.0. The van der Waals surface area contributed by atoms with E-state index in [0.717, 1.165) is 11.1 Å². The van der Waals surface area contributed by atoms with Gasteiger partial charge in [0.15, 0.2) is 6.61 Å². The monoisotopic (exact) mass is 408 g/mol. The van der Waals surface area contributed by atoms with Crippen LogP contribution in [0.15, 0.2) is 42.5 Å². The molecule has 1 atom stereocenters. The highest BCUT2D eigenvalue weighted by Crippen LogP contribution is 2.27. The van der Waals surface area contributed by atoms with Crippen molar-refractivity contribution < 1.29 is 14.3 Å². The fraction of sp³-hybridized carbons (Fsp3) is 0.300. The van der Waals surface area contributed by atoms with Gasteiger partial charge in [-0.25, -0.2) is 0 Å². The number of aryl methyl sites for hydroxylation is 1. The number of rotatable bonds is 7. The summed E-state index contributed by atoms with van der Waals surface area (Å²) in [6.45, 7) is 3.71. The van der Waals surface area contributed by atoms with Crippen molar-refractivity contribution >= 4 is 35.0 Å².